The van der Waals surface area contributed by atoms with Crippen LogP contribution in [0.4, 0.5) is 5.82 Å². The van der Waals surface area contributed by atoms with Crippen LogP contribution < -0.4 is 15.0 Å². The molecule has 1 aromatic heterocycles. The normalized spacial score (nSPS) is 29.0. The van der Waals surface area contributed by atoms with Crippen LogP contribution in [0.5, 0.6) is 5.75 Å². The van der Waals surface area contributed by atoms with Gasteiger partial charge in [-0.3, -0.25) is 9.69 Å². The van der Waals surface area contributed by atoms with Crippen molar-refractivity contribution in [3.8, 4) is 11.8 Å². The number of halogens is 1. The predicted octanol–water partition coefficient (Wildman–Crippen LogP) is 4.33. The molecule has 0 radical (unpaired) electrons. The van der Waals surface area contributed by atoms with Crippen LogP contribution in [0.1, 0.15) is 80.3 Å². The molecule has 4 fully saturated rings. The zero-order valence-electron chi connectivity index (χ0n) is 23.5. The Morgan fingerprint density at radius 3 is 2.54 bits per heavy atom. The summed E-state index contributed by atoms with van der Waals surface area (Å²) in [5, 5.41) is 31.1. The third kappa shape index (κ3) is 6.45. The standard InChI is InChI=1S/C31H39ClN6O3/c32-27-16-26(5-2-21(27)17-33)41-25-6-3-22(4-7-25)34-30(40)28-8-9-29(36-35-28)38-18-23(19-38)37-15-1-12-31(20-37)13-10-24(39)11-14-31/h2,5,8-9,16,22-25,39H,1,3-4,6-7,10-15,18-20H2,(H,34,40). The molecular formula is C31H39ClN6O3. The maximum atomic E-state index is 12.9. The van der Waals surface area contributed by atoms with Gasteiger partial charge >= 0.3 is 0 Å². The maximum absolute atomic E-state index is 12.9. The minimum atomic E-state index is -0.190. The van der Waals surface area contributed by atoms with Crippen LogP contribution in [-0.4, -0.2) is 76.6 Å². The number of hydrogen-bond acceptors (Lipinski definition) is 8. The number of benzene rings is 1. The molecule has 1 amide bonds. The number of nitrogens with one attached hydrogen (secondary N) is 1. The molecule has 6 rings (SSSR count). The van der Waals surface area contributed by atoms with Crippen molar-refractivity contribution in [2.75, 3.05) is 31.1 Å². The Kier molecular flexibility index (Phi) is 8.34. The van der Waals surface area contributed by atoms with Gasteiger partial charge in [0.25, 0.3) is 5.91 Å². The number of aromatic nitrogens is 2. The van der Waals surface area contributed by atoms with Gasteiger partial charge in [-0.25, -0.2) is 0 Å². The molecule has 2 saturated carbocycles. The van der Waals surface area contributed by atoms with Crippen LogP contribution in [-0.2, 0) is 0 Å². The molecule has 2 aliphatic carbocycles. The molecule has 1 aromatic carbocycles. The van der Waals surface area contributed by atoms with Gasteiger partial charge in [0.05, 0.1) is 22.8 Å². The van der Waals surface area contributed by atoms with E-state index in [1.54, 1.807) is 24.3 Å². The number of nitrogens with zero attached hydrogens (tertiary/aromatic N) is 5. The summed E-state index contributed by atoms with van der Waals surface area (Å²) in [6, 6.07) is 11.5. The minimum absolute atomic E-state index is 0.0533. The van der Waals surface area contributed by atoms with Gasteiger partial charge in [0.15, 0.2) is 11.5 Å². The molecule has 9 nitrogen and oxygen atoms in total. The van der Waals surface area contributed by atoms with Crippen molar-refractivity contribution in [2.24, 2.45) is 5.41 Å². The Balaban J connectivity index is 0.937. The molecule has 2 saturated heterocycles. The quantitative estimate of drug-likeness (QED) is 0.521. The number of carbonyl (C=O) groups is 1. The average molecular weight is 579 g/mol. The van der Waals surface area contributed by atoms with E-state index in [0.29, 0.717) is 33.5 Å². The summed E-state index contributed by atoms with van der Waals surface area (Å²) < 4.78 is 6.06. The lowest BCUT2D eigenvalue weighted by atomic mass is 9.68. The van der Waals surface area contributed by atoms with Crippen molar-refractivity contribution in [3.63, 3.8) is 0 Å². The largest absolute Gasteiger partial charge is 0.490 e. The van der Waals surface area contributed by atoms with Gasteiger partial charge in [0.2, 0.25) is 0 Å². The van der Waals surface area contributed by atoms with Crippen molar-refractivity contribution >= 4 is 23.3 Å². The van der Waals surface area contributed by atoms with Gasteiger partial charge in [-0.1, -0.05) is 11.6 Å². The lowest BCUT2D eigenvalue weighted by Crippen LogP contribution is -2.63. The first-order valence-electron chi connectivity index (χ1n) is 15.1. The maximum Gasteiger partial charge on any atom is 0.272 e. The van der Waals surface area contributed by atoms with E-state index in [1.807, 2.05) is 6.07 Å². The van der Waals surface area contributed by atoms with Crippen LogP contribution in [0, 0.1) is 16.7 Å². The number of carbonyl (C=O) groups excluding carboxylic acids is 1. The zero-order chi connectivity index (χ0) is 28.4. The summed E-state index contributed by atoms with van der Waals surface area (Å²) in [7, 11) is 0. The molecule has 0 bridgehead atoms. The van der Waals surface area contributed by atoms with Gasteiger partial charge in [-0.15, -0.1) is 10.2 Å². The third-order valence-electron chi connectivity index (χ3n) is 9.67. The average Bonchev–Trinajstić information content (AvgIpc) is 2.96. The van der Waals surface area contributed by atoms with Gasteiger partial charge in [0.1, 0.15) is 11.8 Å². The Morgan fingerprint density at radius 1 is 1.07 bits per heavy atom. The number of nitriles is 1. The number of hydrogen-bond donors (Lipinski definition) is 2. The van der Waals surface area contributed by atoms with E-state index in [1.165, 1.54) is 12.8 Å². The number of ether oxygens (including phenoxy) is 1. The molecule has 1 spiro atoms. The fourth-order valence-electron chi connectivity index (χ4n) is 7.11. The fraction of sp³-hybridized carbons (Fsp3) is 0.613. The Hall–Kier alpha value is -2.93. The van der Waals surface area contributed by atoms with Crippen LogP contribution >= 0.6 is 11.6 Å². The van der Waals surface area contributed by atoms with Crippen molar-refractivity contribution in [2.45, 2.75) is 88.5 Å². The minimum Gasteiger partial charge on any atom is -0.490 e. The van der Waals surface area contributed by atoms with Crippen molar-refractivity contribution < 1.29 is 14.6 Å². The van der Waals surface area contributed by atoms with Crippen molar-refractivity contribution in [1.82, 2.24) is 20.4 Å². The van der Waals surface area contributed by atoms with E-state index in [9.17, 15) is 9.90 Å². The number of amides is 1. The molecule has 0 atom stereocenters. The third-order valence-corrected chi connectivity index (χ3v) is 9.98. The molecule has 4 aliphatic rings. The summed E-state index contributed by atoms with van der Waals surface area (Å²) in [6.45, 7) is 4.20. The summed E-state index contributed by atoms with van der Waals surface area (Å²) in [5.41, 5.74) is 1.18. The van der Waals surface area contributed by atoms with Crippen LogP contribution in [0.15, 0.2) is 30.3 Å². The first kappa shape index (κ1) is 28.2. The van der Waals surface area contributed by atoms with Crippen LogP contribution in [0.25, 0.3) is 0 Å². The highest BCUT2D eigenvalue weighted by Gasteiger charge is 2.42. The number of piperidine rings is 1. The second-order valence-corrected chi connectivity index (χ2v) is 12.9. The smallest absolute Gasteiger partial charge is 0.272 e. The second kappa shape index (κ2) is 12.1. The monoisotopic (exact) mass is 578 g/mol. The lowest BCUT2D eigenvalue weighted by Gasteiger charge is -2.53. The molecule has 2 aromatic rings. The number of aliphatic hydroxyl groups excluding tert-OH is 1. The molecule has 2 N–H and O–H groups in total. The summed E-state index contributed by atoms with van der Waals surface area (Å²) in [6.07, 6.45) is 9.98. The highest BCUT2D eigenvalue weighted by Crippen LogP contribution is 2.44. The fourth-order valence-corrected chi connectivity index (χ4v) is 7.32. The van der Waals surface area contributed by atoms with E-state index < -0.39 is 0 Å². The first-order valence-corrected chi connectivity index (χ1v) is 15.5. The van der Waals surface area contributed by atoms with Crippen molar-refractivity contribution in [3.05, 3.63) is 46.6 Å². The molecule has 10 heteroatoms. The van der Waals surface area contributed by atoms with Crippen LogP contribution in [0.2, 0.25) is 5.02 Å². The van der Waals surface area contributed by atoms with E-state index >= 15 is 0 Å². The molecule has 218 valence electrons. The molecule has 0 unspecified atom stereocenters. The summed E-state index contributed by atoms with van der Waals surface area (Å²) in [5.74, 6) is 1.30. The topological polar surface area (TPSA) is 115 Å². The predicted molar refractivity (Wildman–Crippen MR) is 156 cm³/mol. The van der Waals surface area contributed by atoms with Gasteiger partial charge < -0.3 is 20.1 Å². The Labute approximate surface area is 246 Å². The van der Waals surface area contributed by atoms with Crippen molar-refractivity contribution in [1.29, 1.82) is 5.26 Å². The Morgan fingerprint density at radius 2 is 1.85 bits per heavy atom. The summed E-state index contributed by atoms with van der Waals surface area (Å²) in [4.78, 5) is 17.8. The van der Waals surface area contributed by atoms with Gasteiger partial charge in [0, 0.05) is 37.8 Å². The van der Waals surface area contributed by atoms with E-state index in [0.717, 1.165) is 83.4 Å². The number of aliphatic hydroxyl groups is 1. The molecule has 3 heterocycles. The molecular weight excluding hydrogens is 540 g/mol. The first-order chi connectivity index (χ1) is 19.9. The SMILES string of the molecule is N#Cc1ccc(OC2CCC(NC(=O)c3ccc(N4CC(N5CCCC6(CCC(O)CC6)C5)C4)nn3)CC2)cc1Cl. The number of likely N-dealkylation sites (tertiary alicyclic amines) is 1. The highest BCUT2D eigenvalue weighted by molar-refractivity contribution is 6.31. The second-order valence-electron chi connectivity index (χ2n) is 12.5. The highest BCUT2D eigenvalue weighted by atomic mass is 35.5. The number of rotatable bonds is 6. The molecule has 41 heavy (non-hydrogen) atoms. The van der Waals surface area contributed by atoms with Gasteiger partial charge in [-0.2, -0.15) is 5.26 Å². The van der Waals surface area contributed by atoms with E-state index in [2.05, 4.69) is 31.4 Å². The number of anilines is 1. The summed E-state index contributed by atoms with van der Waals surface area (Å²) >= 11 is 6.12. The van der Waals surface area contributed by atoms with Gasteiger partial charge in [-0.05, 0) is 100 Å². The zero-order valence-corrected chi connectivity index (χ0v) is 24.2. The Bertz CT molecular complexity index is 1260. The lowest BCUT2D eigenvalue weighted by molar-refractivity contribution is -0.0101. The van der Waals surface area contributed by atoms with Crippen LogP contribution in [0.3, 0.4) is 0 Å². The van der Waals surface area contributed by atoms with E-state index in [4.69, 9.17) is 21.6 Å². The van der Waals surface area contributed by atoms with E-state index in [-0.39, 0.29) is 24.2 Å². The molecule has 2 aliphatic heterocycles.